The Hall–Kier alpha value is -3.78. The SMILES string of the molecule is COc1ccc(F)cc1C#CCCNC(=O)OCC1c2ccccc2-c2ccccc21. The van der Waals surface area contributed by atoms with Crippen LogP contribution in [0.4, 0.5) is 9.18 Å². The first kappa shape index (κ1) is 20.5. The summed E-state index contributed by atoms with van der Waals surface area (Å²) in [7, 11) is 1.51. The minimum Gasteiger partial charge on any atom is -0.495 e. The van der Waals surface area contributed by atoms with Crippen molar-refractivity contribution in [1.29, 1.82) is 0 Å². The predicted octanol–water partition coefficient (Wildman–Crippen LogP) is 5.11. The van der Waals surface area contributed by atoms with E-state index in [2.05, 4.69) is 41.4 Å². The number of fused-ring (bicyclic) bond motifs is 3. The van der Waals surface area contributed by atoms with E-state index < -0.39 is 6.09 Å². The molecule has 4 nitrogen and oxygen atoms in total. The van der Waals surface area contributed by atoms with Gasteiger partial charge in [-0.15, -0.1) is 0 Å². The van der Waals surface area contributed by atoms with E-state index in [1.165, 1.54) is 47.6 Å². The molecule has 0 radical (unpaired) electrons. The molecule has 1 aliphatic carbocycles. The van der Waals surface area contributed by atoms with Crippen LogP contribution < -0.4 is 10.1 Å². The van der Waals surface area contributed by atoms with Crippen LogP contribution in [0.1, 0.15) is 29.0 Å². The van der Waals surface area contributed by atoms with E-state index >= 15 is 0 Å². The molecule has 1 aliphatic rings. The van der Waals surface area contributed by atoms with Crippen molar-refractivity contribution in [1.82, 2.24) is 5.32 Å². The van der Waals surface area contributed by atoms with Gasteiger partial charge in [0.15, 0.2) is 0 Å². The van der Waals surface area contributed by atoms with Gasteiger partial charge in [-0.3, -0.25) is 0 Å². The van der Waals surface area contributed by atoms with Gasteiger partial charge in [0.2, 0.25) is 0 Å². The van der Waals surface area contributed by atoms with Gasteiger partial charge in [-0.05, 0) is 40.5 Å². The van der Waals surface area contributed by atoms with Crippen LogP contribution in [0.15, 0.2) is 66.7 Å². The Morgan fingerprint density at radius 2 is 1.71 bits per heavy atom. The molecule has 156 valence electrons. The molecule has 3 aromatic rings. The highest BCUT2D eigenvalue weighted by Gasteiger charge is 2.28. The van der Waals surface area contributed by atoms with Crippen LogP contribution in [0.5, 0.6) is 5.75 Å². The van der Waals surface area contributed by atoms with E-state index in [0.717, 1.165) is 0 Å². The van der Waals surface area contributed by atoms with Gasteiger partial charge in [0, 0.05) is 18.9 Å². The molecule has 0 aromatic heterocycles. The lowest BCUT2D eigenvalue weighted by atomic mass is 9.98. The summed E-state index contributed by atoms with van der Waals surface area (Å²) >= 11 is 0. The zero-order valence-electron chi connectivity index (χ0n) is 17.2. The molecule has 1 N–H and O–H groups in total. The third-order valence-corrected chi connectivity index (χ3v) is 5.25. The summed E-state index contributed by atoms with van der Waals surface area (Å²) < 4.78 is 24.0. The zero-order chi connectivity index (χ0) is 21.6. The Labute approximate surface area is 181 Å². The first-order chi connectivity index (χ1) is 15.2. The van der Waals surface area contributed by atoms with Crippen molar-refractivity contribution in [2.75, 3.05) is 20.3 Å². The van der Waals surface area contributed by atoms with Crippen molar-refractivity contribution in [3.63, 3.8) is 0 Å². The lowest BCUT2D eigenvalue weighted by molar-refractivity contribution is 0.143. The summed E-state index contributed by atoms with van der Waals surface area (Å²) in [5, 5.41) is 2.71. The lowest BCUT2D eigenvalue weighted by Crippen LogP contribution is -2.26. The standard InChI is InChI=1S/C26H22FNO3/c1-30-25-14-13-19(27)16-18(25)8-6-7-15-28-26(29)31-17-24-22-11-4-2-9-20(22)21-10-3-5-12-23(21)24/h2-5,9-14,16,24H,7,15,17H2,1H3,(H,28,29). The average molecular weight is 415 g/mol. The number of nitrogens with one attached hydrogen (secondary N) is 1. The number of alkyl carbamates (subject to hydrolysis) is 1. The van der Waals surface area contributed by atoms with Gasteiger partial charge in [-0.2, -0.15) is 0 Å². The summed E-state index contributed by atoms with van der Waals surface area (Å²) in [6, 6.07) is 20.6. The lowest BCUT2D eigenvalue weighted by Gasteiger charge is -2.14. The summed E-state index contributed by atoms with van der Waals surface area (Å²) in [6.45, 7) is 0.604. The van der Waals surface area contributed by atoms with Crippen molar-refractivity contribution in [3.8, 4) is 28.7 Å². The van der Waals surface area contributed by atoms with E-state index in [-0.39, 0.29) is 18.3 Å². The molecule has 0 saturated carbocycles. The summed E-state index contributed by atoms with van der Waals surface area (Å²) in [4.78, 5) is 12.2. The van der Waals surface area contributed by atoms with E-state index in [1.807, 2.05) is 24.3 Å². The zero-order valence-corrected chi connectivity index (χ0v) is 17.2. The Morgan fingerprint density at radius 1 is 1.03 bits per heavy atom. The molecule has 0 saturated heterocycles. The number of rotatable bonds is 5. The molecular formula is C26H22FNO3. The third-order valence-electron chi connectivity index (χ3n) is 5.25. The van der Waals surface area contributed by atoms with Crippen LogP contribution in [0.3, 0.4) is 0 Å². The second-order valence-corrected chi connectivity index (χ2v) is 7.15. The number of carbonyl (C=O) groups excluding carboxylic acids is 1. The van der Waals surface area contributed by atoms with E-state index in [0.29, 0.717) is 24.3 Å². The Kier molecular flexibility index (Phi) is 6.18. The topological polar surface area (TPSA) is 47.6 Å². The van der Waals surface area contributed by atoms with E-state index in [4.69, 9.17) is 9.47 Å². The minimum atomic E-state index is -0.480. The van der Waals surface area contributed by atoms with Crippen molar-refractivity contribution in [2.45, 2.75) is 12.3 Å². The average Bonchev–Trinajstić information content (AvgIpc) is 3.11. The quantitative estimate of drug-likeness (QED) is 0.465. The van der Waals surface area contributed by atoms with Crippen molar-refractivity contribution >= 4 is 6.09 Å². The van der Waals surface area contributed by atoms with Crippen LogP contribution in [-0.2, 0) is 4.74 Å². The predicted molar refractivity (Wildman–Crippen MR) is 118 cm³/mol. The number of hydrogen-bond acceptors (Lipinski definition) is 3. The van der Waals surface area contributed by atoms with Gasteiger partial charge in [-0.1, -0.05) is 60.4 Å². The fraction of sp³-hybridized carbons (Fsp3) is 0.192. The molecule has 0 bridgehead atoms. The monoisotopic (exact) mass is 415 g/mol. The van der Waals surface area contributed by atoms with Crippen LogP contribution >= 0.6 is 0 Å². The second-order valence-electron chi connectivity index (χ2n) is 7.15. The highest BCUT2D eigenvalue weighted by atomic mass is 19.1. The fourth-order valence-electron chi connectivity index (χ4n) is 3.81. The van der Waals surface area contributed by atoms with Crippen LogP contribution in [0, 0.1) is 17.7 Å². The number of ether oxygens (including phenoxy) is 2. The Morgan fingerprint density at radius 3 is 2.39 bits per heavy atom. The van der Waals surface area contributed by atoms with Gasteiger partial charge in [0.05, 0.1) is 12.7 Å². The molecule has 31 heavy (non-hydrogen) atoms. The number of hydrogen-bond donors (Lipinski definition) is 1. The highest BCUT2D eigenvalue weighted by Crippen LogP contribution is 2.44. The molecule has 0 aliphatic heterocycles. The van der Waals surface area contributed by atoms with Gasteiger partial charge < -0.3 is 14.8 Å². The number of benzene rings is 3. The van der Waals surface area contributed by atoms with Gasteiger partial charge in [0.25, 0.3) is 0 Å². The van der Waals surface area contributed by atoms with E-state index in [1.54, 1.807) is 0 Å². The molecule has 0 spiro atoms. The minimum absolute atomic E-state index is 0.0263. The summed E-state index contributed by atoms with van der Waals surface area (Å²) in [6.07, 6.45) is -0.0730. The van der Waals surface area contributed by atoms with Gasteiger partial charge in [0.1, 0.15) is 18.2 Å². The Bertz CT molecular complexity index is 1120. The molecule has 0 fully saturated rings. The molecular weight excluding hydrogens is 393 g/mol. The van der Waals surface area contributed by atoms with Crippen LogP contribution in [0.2, 0.25) is 0 Å². The molecule has 0 unspecified atom stereocenters. The van der Waals surface area contributed by atoms with Crippen LogP contribution in [-0.4, -0.2) is 26.4 Å². The molecule has 1 amide bonds. The number of amides is 1. The summed E-state index contributed by atoms with van der Waals surface area (Å²) in [5.41, 5.74) is 5.20. The summed E-state index contributed by atoms with van der Waals surface area (Å²) in [5.74, 6) is 5.95. The smallest absolute Gasteiger partial charge is 0.407 e. The molecule has 5 heteroatoms. The molecule has 4 rings (SSSR count). The van der Waals surface area contributed by atoms with Gasteiger partial charge in [-0.25, -0.2) is 9.18 Å². The molecule has 0 heterocycles. The maximum absolute atomic E-state index is 13.4. The highest BCUT2D eigenvalue weighted by molar-refractivity contribution is 5.79. The second kappa shape index (κ2) is 9.36. The normalized spacial score (nSPS) is 11.7. The first-order valence-electron chi connectivity index (χ1n) is 10.1. The maximum atomic E-state index is 13.4. The maximum Gasteiger partial charge on any atom is 0.407 e. The fourth-order valence-corrected chi connectivity index (χ4v) is 3.81. The Balaban J connectivity index is 1.30. The van der Waals surface area contributed by atoms with Crippen molar-refractivity contribution in [3.05, 3.63) is 89.2 Å². The number of halogens is 1. The first-order valence-corrected chi connectivity index (χ1v) is 10.1. The number of methoxy groups -OCH3 is 1. The van der Waals surface area contributed by atoms with Crippen molar-refractivity contribution < 1.29 is 18.7 Å². The largest absolute Gasteiger partial charge is 0.495 e. The van der Waals surface area contributed by atoms with Crippen LogP contribution in [0.25, 0.3) is 11.1 Å². The van der Waals surface area contributed by atoms with Gasteiger partial charge >= 0.3 is 6.09 Å². The third kappa shape index (κ3) is 4.54. The van der Waals surface area contributed by atoms with E-state index in [9.17, 15) is 9.18 Å². The number of carbonyl (C=O) groups is 1. The molecule has 3 aromatic carbocycles. The van der Waals surface area contributed by atoms with Crippen molar-refractivity contribution in [2.24, 2.45) is 0 Å². The molecule has 0 atom stereocenters.